The molecule has 0 spiro atoms. The Morgan fingerprint density at radius 3 is 2.39 bits per heavy atom. The largest absolute Gasteiger partial charge is 0.477 e. The maximum Gasteiger partial charge on any atom is 0.341 e. The van der Waals surface area contributed by atoms with Gasteiger partial charge in [-0.3, -0.25) is 4.79 Å². The highest BCUT2D eigenvalue weighted by atomic mass is 19.1. The van der Waals surface area contributed by atoms with E-state index in [0.717, 1.165) is 11.1 Å². The Morgan fingerprint density at radius 1 is 1.19 bits per heavy atom. The van der Waals surface area contributed by atoms with Gasteiger partial charge in [-0.15, -0.1) is 0 Å². The summed E-state index contributed by atoms with van der Waals surface area (Å²) in [6, 6.07) is 9.14. The topological polar surface area (TPSA) is 91.6 Å². The van der Waals surface area contributed by atoms with Crippen molar-refractivity contribution in [2.75, 3.05) is 11.9 Å². The second-order valence-electron chi connectivity index (χ2n) is 8.81. The molecule has 3 rings (SSSR count). The second-order valence-corrected chi connectivity index (χ2v) is 8.81. The Hall–Kier alpha value is -3.19. The molecule has 6 nitrogen and oxygen atoms in total. The molecule has 0 saturated heterocycles. The van der Waals surface area contributed by atoms with E-state index in [0.29, 0.717) is 17.7 Å². The molecule has 164 valence electrons. The SMILES string of the molecule is Cc1cc2c(cc1NCc1ccc(F)cc1)c(=O)c(C(=O)O)cn2[C@H](CO)C(C)(C)C. The number of carboxylic acid groups (broad SMARTS) is 1. The Balaban J connectivity index is 2.16. The van der Waals surface area contributed by atoms with Gasteiger partial charge in [0.2, 0.25) is 5.43 Å². The number of aliphatic hydroxyl groups is 1. The lowest BCUT2D eigenvalue weighted by Crippen LogP contribution is -2.30. The highest BCUT2D eigenvalue weighted by molar-refractivity contribution is 5.94. The molecule has 2 aromatic carbocycles. The maximum atomic E-state index is 13.1. The first-order chi connectivity index (χ1) is 14.5. The first-order valence-electron chi connectivity index (χ1n) is 10.0. The van der Waals surface area contributed by atoms with Crippen molar-refractivity contribution >= 4 is 22.6 Å². The second kappa shape index (κ2) is 8.51. The number of aromatic carboxylic acids is 1. The molecule has 1 atom stereocenters. The van der Waals surface area contributed by atoms with E-state index in [4.69, 9.17) is 0 Å². The van der Waals surface area contributed by atoms with Crippen LogP contribution < -0.4 is 10.7 Å². The Morgan fingerprint density at radius 2 is 1.84 bits per heavy atom. The zero-order valence-corrected chi connectivity index (χ0v) is 18.1. The Bertz CT molecular complexity index is 1180. The molecule has 1 aromatic heterocycles. The first kappa shape index (κ1) is 22.5. The molecule has 31 heavy (non-hydrogen) atoms. The van der Waals surface area contributed by atoms with E-state index in [9.17, 15) is 24.2 Å². The van der Waals surface area contributed by atoms with E-state index in [2.05, 4.69) is 5.32 Å². The van der Waals surface area contributed by atoms with Gasteiger partial charge < -0.3 is 20.1 Å². The van der Waals surface area contributed by atoms with Crippen molar-refractivity contribution in [1.82, 2.24) is 4.57 Å². The maximum absolute atomic E-state index is 13.1. The average molecular weight is 426 g/mol. The van der Waals surface area contributed by atoms with E-state index in [1.54, 1.807) is 22.8 Å². The number of carbonyl (C=O) groups is 1. The summed E-state index contributed by atoms with van der Waals surface area (Å²) in [5, 5.41) is 23.1. The van der Waals surface area contributed by atoms with E-state index in [1.807, 2.05) is 33.8 Å². The van der Waals surface area contributed by atoms with Gasteiger partial charge in [0, 0.05) is 23.8 Å². The number of carboxylic acids is 1. The Labute approximate surface area is 180 Å². The van der Waals surface area contributed by atoms with Crippen LogP contribution in [0.4, 0.5) is 10.1 Å². The third-order valence-corrected chi connectivity index (χ3v) is 5.51. The standard InChI is InChI=1S/C24H27FN2O4/c1-14-9-20-17(10-19(14)26-11-15-5-7-16(25)8-6-15)22(29)18(23(30)31)12-27(20)21(13-28)24(2,3)4/h5-10,12,21,26,28H,11,13H2,1-4H3,(H,30,31)/t21-/m1/s1. The number of aliphatic hydroxyl groups excluding tert-OH is 1. The molecule has 1 heterocycles. The predicted octanol–water partition coefficient (Wildman–Crippen LogP) is 4.34. The van der Waals surface area contributed by atoms with Gasteiger partial charge >= 0.3 is 5.97 Å². The summed E-state index contributed by atoms with van der Waals surface area (Å²) in [6.07, 6.45) is 1.32. The molecule has 3 aromatic rings. The van der Waals surface area contributed by atoms with Crippen LogP contribution in [0.2, 0.25) is 0 Å². The van der Waals surface area contributed by atoms with E-state index in [-0.39, 0.29) is 28.8 Å². The third kappa shape index (κ3) is 4.61. The number of nitrogens with zero attached hydrogens (tertiary/aromatic N) is 1. The van der Waals surface area contributed by atoms with Crippen molar-refractivity contribution in [2.24, 2.45) is 5.41 Å². The summed E-state index contributed by atoms with van der Waals surface area (Å²) in [7, 11) is 0. The van der Waals surface area contributed by atoms with Gasteiger partial charge in [-0.25, -0.2) is 9.18 Å². The van der Waals surface area contributed by atoms with Crippen LogP contribution in [0.25, 0.3) is 10.9 Å². The summed E-state index contributed by atoms with van der Waals surface area (Å²) in [6.45, 7) is 7.94. The van der Waals surface area contributed by atoms with E-state index >= 15 is 0 Å². The van der Waals surface area contributed by atoms with Crippen molar-refractivity contribution in [3.05, 3.63) is 75.3 Å². The lowest BCUT2D eigenvalue weighted by atomic mass is 9.86. The molecule has 0 aliphatic carbocycles. The molecule has 0 radical (unpaired) electrons. The van der Waals surface area contributed by atoms with Gasteiger partial charge in [0.1, 0.15) is 11.4 Å². The van der Waals surface area contributed by atoms with Crippen molar-refractivity contribution in [1.29, 1.82) is 0 Å². The molecule has 7 heteroatoms. The smallest absolute Gasteiger partial charge is 0.341 e. The zero-order valence-electron chi connectivity index (χ0n) is 18.1. The fourth-order valence-corrected chi connectivity index (χ4v) is 3.68. The van der Waals surface area contributed by atoms with Crippen molar-refractivity contribution < 1.29 is 19.4 Å². The Kier molecular flexibility index (Phi) is 6.18. The molecular formula is C24H27FN2O4. The molecule has 0 aliphatic rings. The van der Waals surface area contributed by atoms with Gasteiger partial charge in [0.25, 0.3) is 0 Å². The van der Waals surface area contributed by atoms with Crippen LogP contribution in [-0.2, 0) is 6.54 Å². The van der Waals surface area contributed by atoms with Crippen molar-refractivity contribution in [3.63, 3.8) is 0 Å². The van der Waals surface area contributed by atoms with Crippen LogP contribution >= 0.6 is 0 Å². The molecule has 0 saturated carbocycles. The number of hydrogen-bond donors (Lipinski definition) is 3. The quantitative estimate of drug-likeness (QED) is 0.545. The fraction of sp³-hybridized carbons (Fsp3) is 0.333. The normalized spacial score (nSPS) is 12.7. The van der Waals surface area contributed by atoms with Gasteiger partial charge in [-0.2, -0.15) is 0 Å². The highest BCUT2D eigenvalue weighted by Crippen LogP contribution is 2.33. The first-order valence-corrected chi connectivity index (χ1v) is 10.0. The summed E-state index contributed by atoms with van der Waals surface area (Å²) in [4.78, 5) is 24.7. The minimum Gasteiger partial charge on any atom is -0.477 e. The highest BCUT2D eigenvalue weighted by Gasteiger charge is 2.28. The van der Waals surface area contributed by atoms with Gasteiger partial charge in [0.15, 0.2) is 0 Å². The number of aromatic nitrogens is 1. The van der Waals surface area contributed by atoms with Gasteiger partial charge in [-0.05, 0) is 47.7 Å². The molecule has 3 N–H and O–H groups in total. The predicted molar refractivity (Wildman–Crippen MR) is 119 cm³/mol. The summed E-state index contributed by atoms with van der Waals surface area (Å²) in [5.41, 5.74) is 1.67. The van der Waals surface area contributed by atoms with Crippen LogP contribution in [0.5, 0.6) is 0 Å². The number of rotatable bonds is 6. The molecule has 0 bridgehead atoms. The van der Waals surface area contributed by atoms with Crippen LogP contribution in [0.3, 0.4) is 0 Å². The number of hydrogen-bond acceptors (Lipinski definition) is 4. The van der Waals surface area contributed by atoms with Crippen molar-refractivity contribution in [3.8, 4) is 0 Å². The molecule has 0 unspecified atom stereocenters. The minimum absolute atomic E-state index is 0.204. The number of anilines is 1. The monoisotopic (exact) mass is 426 g/mol. The number of aryl methyl sites for hydroxylation is 1. The van der Waals surface area contributed by atoms with E-state index < -0.39 is 17.4 Å². The molecule has 0 amide bonds. The number of halogens is 1. The molecule has 0 fully saturated rings. The lowest BCUT2D eigenvalue weighted by Gasteiger charge is -2.33. The third-order valence-electron chi connectivity index (χ3n) is 5.51. The van der Waals surface area contributed by atoms with Gasteiger partial charge in [-0.1, -0.05) is 32.9 Å². The summed E-state index contributed by atoms with van der Waals surface area (Å²) >= 11 is 0. The van der Waals surface area contributed by atoms with Crippen LogP contribution in [0.1, 0.15) is 48.3 Å². The summed E-state index contributed by atoms with van der Waals surface area (Å²) < 4.78 is 14.8. The molecule has 0 aliphatic heterocycles. The fourth-order valence-electron chi connectivity index (χ4n) is 3.68. The minimum atomic E-state index is -1.31. The van der Waals surface area contributed by atoms with Crippen LogP contribution in [0.15, 0.2) is 47.4 Å². The summed E-state index contributed by atoms with van der Waals surface area (Å²) in [5.74, 6) is -1.63. The number of nitrogens with one attached hydrogen (secondary N) is 1. The average Bonchev–Trinajstić information content (AvgIpc) is 2.69. The number of benzene rings is 2. The van der Waals surface area contributed by atoms with Crippen molar-refractivity contribution in [2.45, 2.75) is 40.3 Å². The number of pyridine rings is 1. The lowest BCUT2D eigenvalue weighted by molar-refractivity contribution is 0.0692. The van der Waals surface area contributed by atoms with Gasteiger partial charge in [0.05, 0.1) is 18.2 Å². The number of fused-ring (bicyclic) bond motifs is 1. The van der Waals surface area contributed by atoms with Crippen LogP contribution in [-0.4, -0.2) is 27.4 Å². The van der Waals surface area contributed by atoms with E-state index in [1.165, 1.54) is 18.3 Å². The van der Waals surface area contributed by atoms with Crippen LogP contribution in [0, 0.1) is 18.2 Å². The molecular weight excluding hydrogens is 399 g/mol. The zero-order chi connectivity index (χ0) is 22.9.